The van der Waals surface area contributed by atoms with Crippen LogP contribution in [0.15, 0.2) is 24.3 Å². The van der Waals surface area contributed by atoms with Gasteiger partial charge in [-0.05, 0) is 64.2 Å². The zero-order chi connectivity index (χ0) is 58.2. The van der Waals surface area contributed by atoms with E-state index < -0.39 is 74.2 Å². The number of hydrogen-bond acceptors (Lipinski definition) is 10. The average molecular weight is 1140 g/mol. The van der Waals surface area contributed by atoms with Crippen LogP contribution in [-0.2, 0) is 14.3 Å². The van der Waals surface area contributed by atoms with Gasteiger partial charge >= 0.3 is 0 Å². The Kier molecular flexibility index (Phi) is 55.5. The topological polar surface area (TPSA) is 189 Å². The first kappa shape index (κ1) is 76.6. The highest BCUT2D eigenvalue weighted by Gasteiger charge is 2.44. The summed E-state index contributed by atoms with van der Waals surface area (Å²) in [7, 11) is 0. The minimum atomic E-state index is -1.67. The van der Waals surface area contributed by atoms with Gasteiger partial charge in [0.25, 0.3) is 0 Å². The van der Waals surface area contributed by atoms with Gasteiger partial charge in [-0.1, -0.05) is 301 Å². The molecule has 11 nitrogen and oxygen atoms in total. The van der Waals surface area contributed by atoms with E-state index in [9.17, 15) is 40.5 Å². The van der Waals surface area contributed by atoms with Gasteiger partial charge in [0.15, 0.2) is 6.29 Å². The van der Waals surface area contributed by atoms with Crippen molar-refractivity contribution < 1.29 is 50.0 Å². The molecule has 0 spiro atoms. The third kappa shape index (κ3) is 45.0. The summed E-state index contributed by atoms with van der Waals surface area (Å²) in [6.45, 7) is 3.49. The summed E-state index contributed by atoms with van der Waals surface area (Å²) in [5.74, 6) is -0.701. The van der Waals surface area contributed by atoms with Crippen molar-refractivity contribution in [1.82, 2.24) is 5.32 Å². The maximum Gasteiger partial charge on any atom is 0.249 e. The molecule has 1 aliphatic heterocycles. The largest absolute Gasteiger partial charge is 0.394 e. The molecule has 8 N–H and O–H groups in total. The predicted octanol–water partition coefficient (Wildman–Crippen LogP) is 16.4. The second kappa shape index (κ2) is 58.0. The van der Waals surface area contributed by atoms with E-state index in [0.29, 0.717) is 12.8 Å². The fourth-order valence-electron chi connectivity index (χ4n) is 11.4. The Bertz CT molecular complexity index is 1350. The number of amides is 1. The number of unbranched alkanes of at least 4 members (excludes halogenated alkanes) is 45. The lowest BCUT2D eigenvalue weighted by Crippen LogP contribution is -2.60. The molecule has 0 radical (unpaired) electrons. The van der Waals surface area contributed by atoms with Crippen molar-refractivity contribution in [3.05, 3.63) is 24.3 Å². The first-order chi connectivity index (χ1) is 39.2. The van der Waals surface area contributed by atoms with E-state index in [-0.39, 0.29) is 12.8 Å². The van der Waals surface area contributed by atoms with Crippen LogP contribution in [0.1, 0.15) is 341 Å². The number of carbonyl (C=O) groups excluding carboxylic acids is 1. The van der Waals surface area contributed by atoms with Gasteiger partial charge in [0.05, 0.1) is 25.4 Å². The highest BCUT2D eigenvalue weighted by molar-refractivity contribution is 5.80. The summed E-state index contributed by atoms with van der Waals surface area (Å²) in [5.41, 5.74) is 0. The van der Waals surface area contributed by atoms with Crippen LogP contribution < -0.4 is 5.32 Å². The number of allylic oxidation sites excluding steroid dienone is 4. The van der Waals surface area contributed by atoms with Crippen molar-refractivity contribution in [3.8, 4) is 0 Å². The Morgan fingerprint density at radius 3 is 1.07 bits per heavy atom. The first-order valence-electron chi connectivity index (χ1n) is 34.7. The summed E-state index contributed by atoms with van der Waals surface area (Å²) < 4.78 is 11.2. The van der Waals surface area contributed by atoms with Gasteiger partial charge in [-0.15, -0.1) is 0 Å². The summed E-state index contributed by atoms with van der Waals surface area (Å²) in [4.78, 5) is 13.2. The molecular weight excluding hydrogens is 1000 g/mol. The number of carbonyl (C=O) groups is 1. The van der Waals surface area contributed by atoms with Gasteiger partial charge in [0.2, 0.25) is 5.91 Å². The number of nitrogens with one attached hydrogen (secondary N) is 1. The van der Waals surface area contributed by atoms with E-state index in [1.54, 1.807) is 0 Å². The summed E-state index contributed by atoms with van der Waals surface area (Å²) in [6, 6.07) is -1.18. The second-order valence-electron chi connectivity index (χ2n) is 24.6. The molecule has 0 aliphatic carbocycles. The third-order valence-electron chi connectivity index (χ3n) is 17.0. The zero-order valence-corrected chi connectivity index (χ0v) is 52.3. The fourth-order valence-corrected chi connectivity index (χ4v) is 11.4. The molecule has 1 amide bonds. The molecule has 9 atom stereocenters. The Morgan fingerprint density at radius 2 is 0.738 bits per heavy atom. The van der Waals surface area contributed by atoms with E-state index >= 15 is 0 Å². The lowest BCUT2D eigenvalue weighted by Gasteiger charge is -2.40. The smallest absolute Gasteiger partial charge is 0.249 e. The van der Waals surface area contributed by atoms with E-state index in [1.165, 1.54) is 263 Å². The van der Waals surface area contributed by atoms with Crippen molar-refractivity contribution in [3.63, 3.8) is 0 Å². The monoisotopic (exact) mass is 1140 g/mol. The summed E-state index contributed by atoms with van der Waals surface area (Å²) in [6.07, 6.45) is 61.4. The van der Waals surface area contributed by atoms with Gasteiger partial charge in [-0.2, -0.15) is 0 Å². The van der Waals surface area contributed by atoms with E-state index in [1.807, 2.05) is 0 Å². The standard InChI is InChI=1S/C69H133NO10/c1-3-5-7-9-11-13-15-17-19-21-22-23-24-25-26-27-28-29-30-31-32-33-34-35-36-37-38-39-41-43-45-47-49-51-53-55-57-62(73)68(78)70-60(59-79-69-67(77)66(76)65(75)63(58-71)80-69)64(74)61(72)56-54-52-50-48-46-44-42-40-20-18-16-14-12-10-8-6-4-2/h29-30,48,50,60-67,69,71-77H,3-28,31-47,49,51-59H2,1-2H3,(H,70,78)/b30-29-,50-48+. The van der Waals surface area contributed by atoms with Gasteiger partial charge in [-0.3, -0.25) is 4.79 Å². The van der Waals surface area contributed by atoms with E-state index in [4.69, 9.17) is 9.47 Å². The lowest BCUT2D eigenvalue weighted by atomic mass is 9.98. The average Bonchev–Trinajstić information content (AvgIpc) is 3.47. The Hall–Kier alpha value is -1.41. The van der Waals surface area contributed by atoms with Crippen LogP contribution in [0.3, 0.4) is 0 Å². The zero-order valence-electron chi connectivity index (χ0n) is 52.3. The van der Waals surface area contributed by atoms with Crippen molar-refractivity contribution in [2.75, 3.05) is 13.2 Å². The molecule has 1 rings (SSSR count). The molecule has 0 bridgehead atoms. The molecule has 11 heteroatoms. The Balaban J connectivity index is 2.14. The first-order valence-corrected chi connectivity index (χ1v) is 34.7. The Morgan fingerprint density at radius 1 is 0.425 bits per heavy atom. The summed E-state index contributed by atoms with van der Waals surface area (Å²) >= 11 is 0. The van der Waals surface area contributed by atoms with Crippen molar-refractivity contribution >= 4 is 5.91 Å². The molecule has 9 unspecified atom stereocenters. The minimum absolute atomic E-state index is 0.257. The van der Waals surface area contributed by atoms with Gasteiger partial charge in [-0.25, -0.2) is 0 Å². The minimum Gasteiger partial charge on any atom is -0.394 e. The van der Waals surface area contributed by atoms with Gasteiger partial charge in [0, 0.05) is 0 Å². The molecule has 0 aromatic carbocycles. The molecule has 474 valence electrons. The van der Waals surface area contributed by atoms with Crippen LogP contribution in [0.25, 0.3) is 0 Å². The highest BCUT2D eigenvalue weighted by Crippen LogP contribution is 2.24. The van der Waals surface area contributed by atoms with Crippen LogP contribution in [0.4, 0.5) is 0 Å². The van der Waals surface area contributed by atoms with Crippen molar-refractivity contribution in [1.29, 1.82) is 0 Å². The molecular formula is C69H133NO10. The summed E-state index contributed by atoms with van der Waals surface area (Å²) in [5, 5.41) is 76.3. The molecule has 80 heavy (non-hydrogen) atoms. The fraction of sp³-hybridized carbons (Fsp3) is 0.928. The maximum absolute atomic E-state index is 13.2. The molecule has 1 saturated heterocycles. The number of aliphatic hydroxyl groups excluding tert-OH is 7. The SMILES string of the molecule is CCCCCCCCCCCCCC/C=C/CCCC(O)C(O)C(COC1OC(CO)C(O)C(O)C1O)NC(=O)C(O)CCCCCCCCCCCCCCCCCC/C=C\CCCCCCCCCCCCCCCCCC. The van der Waals surface area contributed by atoms with Crippen LogP contribution in [-0.4, -0.2) is 110 Å². The number of aliphatic hydroxyl groups is 7. The third-order valence-corrected chi connectivity index (χ3v) is 17.0. The van der Waals surface area contributed by atoms with E-state index in [2.05, 4.69) is 43.5 Å². The molecule has 0 saturated carbocycles. The highest BCUT2D eigenvalue weighted by atomic mass is 16.7. The molecule has 0 aromatic heterocycles. The van der Waals surface area contributed by atoms with Crippen molar-refractivity contribution in [2.45, 2.75) is 396 Å². The normalized spacial score (nSPS) is 19.3. The molecule has 0 aromatic rings. The van der Waals surface area contributed by atoms with Crippen molar-refractivity contribution in [2.24, 2.45) is 0 Å². The molecule has 1 aliphatic rings. The Labute approximate surface area is 493 Å². The van der Waals surface area contributed by atoms with Crippen LogP contribution in [0, 0.1) is 0 Å². The maximum atomic E-state index is 13.2. The quantitative estimate of drug-likeness (QED) is 0.0215. The second-order valence-corrected chi connectivity index (χ2v) is 24.6. The van der Waals surface area contributed by atoms with Crippen LogP contribution in [0.2, 0.25) is 0 Å². The number of hydrogen-bond donors (Lipinski definition) is 8. The van der Waals surface area contributed by atoms with Crippen LogP contribution >= 0.6 is 0 Å². The van der Waals surface area contributed by atoms with Gasteiger partial charge in [0.1, 0.15) is 36.6 Å². The lowest BCUT2D eigenvalue weighted by molar-refractivity contribution is -0.303. The molecule has 1 heterocycles. The number of rotatable bonds is 61. The number of ether oxygens (including phenoxy) is 2. The van der Waals surface area contributed by atoms with Gasteiger partial charge < -0.3 is 50.5 Å². The van der Waals surface area contributed by atoms with E-state index in [0.717, 1.165) is 38.5 Å². The molecule has 1 fully saturated rings. The van der Waals surface area contributed by atoms with Crippen LogP contribution in [0.5, 0.6) is 0 Å². The predicted molar refractivity (Wildman–Crippen MR) is 335 cm³/mol.